The van der Waals surface area contributed by atoms with Crippen molar-refractivity contribution in [3.05, 3.63) is 29.3 Å². The summed E-state index contributed by atoms with van der Waals surface area (Å²) < 4.78 is 0. The van der Waals surface area contributed by atoms with Crippen molar-refractivity contribution in [2.75, 3.05) is 5.32 Å². The van der Waals surface area contributed by atoms with E-state index in [1.165, 1.54) is 0 Å². The first-order valence-electron chi connectivity index (χ1n) is 6.31. The quantitative estimate of drug-likeness (QED) is 0.765. The Bertz CT molecular complexity index is 452. The van der Waals surface area contributed by atoms with Crippen molar-refractivity contribution in [1.82, 2.24) is 5.32 Å². The first kappa shape index (κ1) is 15.0. The number of carboxylic acid groups (broad SMARTS) is 1. The molecule has 0 aromatic heterocycles. The van der Waals surface area contributed by atoms with Crippen molar-refractivity contribution in [2.24, 2.45) is 0 Å². The van der Waals surface area contributed by atoms with Crippen molar-refractivity contribution in [3.8, 4) is 0 Å². The normalized spacial score (nSPS) is 11.7. The summed E-state index contributed by atoms with van der Waals surface area (Å²) in [6, 6.07) is 4.33. The van der Waals surface area contributed by atoms with Gasteiger partial charge in [0.2, 0.25) is 0 Å². The topological polar surface area (TPSA) is 78.4 Å². The molecule has 0 heterocycles. The maximum Gasteiger partial charge on any atom is 0.326 e. The fourth-order valence-corrected chi connectivity index (χ4v) is 1.92. The second-order valence-corrected chi connectivity index (χ2v) is 4.65. The van der Waals surface area contributed by atoms with Gasteiger partial charge in [0, 0.05) is 5.69 Å². The Morgan fingerprint density at radius 1 is 1.21 bits per heavy atom. The van der Waals surface area contributed by atoms with Crippen LogP contribution in [0.2, 0.25) is 0 Å². The Morgan fingerprint density at radius 3 is 2.26 bits per heavy atom. The Hall–Kier alpha value is -2.04. The summed E-state index contributed by atoms with van der Waals surface area (Å²) >= 11 is 0. The van der Waals surface area contributed by atoms with Crippen molar-refractivity contribution in [1.29, 1.82) is 0 Å². The third kappa shape index (κ3) is 4.99. The Kier molecular flexibility index (Phi) is 5.36. The first-order chi connectivity index (χ1) is 8.92. The zero-order chi connectivity index (χ0) is 14.4. The molecule has 104 valence electrons. The highest BCUT2D eigenvalue weighted by molar-refractivity contribution is 5.92. The molecule has 1 rings (SSSR count). The molecule has 0 aliphatic rings. The number of carboxylic acids is 1. The third-order valence-corrected chi connectivity index (χ3v) is 2.66. The largest absolute Gasteiger partial charge is 0.480 e. The Labute approximate surface area is 113 Å². The van der Waals surface area contributed by atoms with Crippen molar-refractivity contribution < 1.29 is 14.7 Å². The first-order valence-corrected chi connectivity index (χ1v) is 6.31. The molecule has 0 bridgehead atoms. The monoisotopic (exact) mass is 264 g/mol. The predicted molar refractivity (Wildman–Crippen MR) is 74.4 cm³/mol. The van der Waals surface area contributed by atoms with Crippen LogP contribution >= 0.6 is 0 Å². The van der Waals surface area contributed by atoms with Crippen LogP contribution in [0.4, 0.5) is 10.5 Å². The second kappa shape index (κ2) is 6.78. The Morgan fingerprint density at radius 2 is 1.79 bits per heavy atom. The van der Waals surface area contributed by atoms with E-state index < -0.39 is 18.0 Å². The maximum atomic E-state index is 11.7. The van der Waals surface area contributed by atoms with Gasteiger partial charge in [0.15, 0.2) is 0 Å². The van der Waals surface area contributed by atoms with E-state index in [2.05, 4.69) is 10.6 Å². The number of carbonyl (C=O) groups is 2. The smallest absolute Gasteiger partial charge is 0.326 e. The average Bonchev–Trinajstić information content (AvgIpc) is 2.26. The number of urea groups is 1. The summed E-state index contributed by atoms with van der Waals surface area (Å²) in [5, 5.41) is 14.1. The second-order valence-electron chi connectivity index (χ2n) is 4.65. The van der Waals surface area contributed by atoms with Crippen LogP contribution in [0, 0.1) is 13.8 Å². The van der Waals surface area contributed by atoms with E-state index >= 15 is 0 Å². The van der Waals surface area contributed by atoms with Crippen molar-refractivity contribution in [2.45, 2.75) is 39.7 Å². The van der Waals surface area contributed by atoms with Gasteiger partial charge in [-0.3, -0.25) is 0 Å². The highest BCUT2D eigenvalue weighted by Crippen LogP contribution is 2.13. The molecule has 3 N–H and O–H groups in total. The number of amides is 2. The third-order valence-electron chi connectivity index (χ3n) is 2.66. The average molecular weight is 264 g/mol. The number of nitrogens with one attached hydrogen (secondary N) is 2. The molecule has 1 unspecified atom stereocenters. The van der Waals surface area contributed by atoms with Gasteiger partial charge in [-0.1, -0.05) is 19.4 Å². The maximum absolute atomic E-state index is 11.7. The number of carbonyl (C=O) groups excluding carboxylic acids is 1. The summed E-state index contributed by atoms with van der Waals surface area (Å²) in [4.78, 5) is 22.7. The standard InChI is InChI=1S/C14H20N2O3/c1-4-5-12(13(17)18)16-14(19)15-11-7-9(2)6-10(3)8-11/h6-8,12H,4-5H2,1-3H3,(H,17,18)(H2,15,16,19). The van der Waals surface area contributed by atoms with Crippen LogP contribution in [0.5, 0.6) is 0 Å². The Balaban J connectivity index is 2.66. The van der Waals surface area contributed by atoms with Crippen LogP contribution in [0.1, 0.15) is 30.9 Å². The SMILES string of the molecule is CCCC(NC(=O)Nc1cc(C)cc(C)c1)C(=O)O. The number of benzene rings is 1. The van der Waals surface area contributed by atoms with Gasteiger partial charge in [-0.2, -0.15) is 0 Å². The van der Waals surface area contributed by atoms with E-state index in [9.17, 15) is 9.59 Å². The lowest BCUT2D eigenvalue weighted by molar-refractivity contribution is -0.139. The molecule has 0 spiro atoms. The van der Waals surface area contributed by atoms with E-state index in [1.807, 2.05) is 39.0 Å². The van der Waals surface area contributed by atoms with Gasteiger partial charge in [-0.15, -0.1) is 0 Å². The molecular formula is C14H20N2O3. The molecule has 2 amide bonds. The van der Waals surface area contributed by atoms with Crippen LogP contribution < -0.4 is 10.6 Å². The fourth-order valence-electron chi connectivity index (χ4n) is 1.92. The lowest BCUT2D eigenvalue weighted by Crippen LogP contribution is -2.42. The van der Waals surface area contributed by atoms with Crippen molar-refractivity contribution in [3.63, 3.8) is 0 Å². The van der Waals surface area contributed by atoms with Crippen LogP contribution in [-0.4, -0.2) is 23.1 Å². The minimum atomic E-state index is -1.02. The van der Waals surface area contributed by atoms with Gasteiger partial charge in [0.1, 0.15) is 6.04 Å². The lowest BCUT2D eigenvalue weighted by Gasteiger charge is -2.14. The zero-order valence-corrected chi connectivity index (χ0v) is 11.5. The number of anilines is 1. The highest BCUT2D eigenvalue weighted by Gasteiger charge is 2.18. The highest BCUT2D eigenvalue weighted by atomic mass is 16.4. The van der Waals surface area contributed by atoms with E-state index in [0.29, 0.717) is 18.5 Å². The summed E-state index contributed by atoms with van der Waals surface area (Å²) in [6.45, 7) is 5.75. The van der Waals surface area contributed by atoms with Gasteiger partial charge in [0.25, 0.3) is 0 Å². The number of aryl methyl sites for hydroxylation is 2. The molecular weight excluding hydrogens is 244 g/mol. The number of hydrogen-bond acceptors (Lipinski definition) is 2. The summed E-state index contributed by atoms with van der Waals surface area (Å²) in [7, 11) is 0. The summed E-state index contributed by atoms with van der Waals surface area (Å²) in [5.74, 6) is -1.02. The number of aliphatic carboxylic acids is 1. The molecule has 0 saturated heterocycles. The molecule has 19 heavy (non-hydrogen) atoms. The van der Waals surface area contributed by atoms with Gasteiger partial charge in [-0.25, -0.2) is 9.59 Å². The summed E-state index contributed by atoms with van der Waals surface area (Å²) in [6.07, 6.45) is 1.11. The minimum Gasteiger partial charge on any atom is -0.480 e. The number of hydrogen-bond donors (Lipinski definition) is 3. The molecule has 0 fully saturated rings. The van der Waals surface area contributed by atoms with Crippen LogP contribution in [0.15, 0.2) is 18.2 Å². The molecule has 0 aliphatic heterocycles. The molecule has 0 aliphatic carbocycles. The van der Waals surface area contributed by atoms with Crippen LogP contribution in [0.25, 0.3) is 0 Å². The number of rotatable bonds is 5. The fraction of sp³-hybridized carbons (Fsp3) is 0.429. The van der Waals surface area contributed by atoms with Gasteiger partial charge in [0.05, 0.1) is 0 Å². The molecule has 5 heteroatoms. The van der Waals surface area contributed by atoms with Crippen LogP contribution in [-0.2, 0) is 4.79 Å². The van der Waals surface area contributed by atoms with E-state index in [-0.39, 0.29) is 0 Å². The molecule has 0 radical (unpaired) electrons. The summed E-state index contributed by atoms with van der Waals surface area (Å²) in [5.41, 5.74) is 2.74. The van der Waals surface area contributed by atoms with E-state index in [4.69, 9.17) is 5.11 Å². The zero-order valence-electron chi connectivity index (χ0n) is 11.5. The predicted octanol–water partition coefficient (Wildman–Crippen LogP) is 2.68. The molecule has 1 aromatic rings. The van der Waals surface area contributed by atoms with Crippen molar-refractivity contribution >= 4 is 17.7 Å². The molecule has 1 aromatic carbocycles. The van der Waals surface area contributed by atoms with Gasteiger partial charge in [-0.05, 0) is 43.5 Å². The van der Waals surface area contributed by atoms with Gasteiger partial charge < -0.3 is 15.7 Å². The lowest BCUT2D eigenvalue weighted by atomic mass is 10.1. The van der Waals surface area contributed by atoms with E-state index in [0.717, 1.165) is 11.1 Å². The minimum absolute atomic E-state index is 0.412. The molecule has 1 atom stereocenters. The molecule has 0 saturated carbocycles. The van der Waals surface area contributed by atoms with Crippen LogP contribution in [0.3, 0.4) is 0 Å². The van der Waals surface area contributed by atoms with E-state index in [1.54, 1.807) is 0 Å². The molecule has 5 nitrogen and oxygen atoms in total. The van der Waals surface area contributed by atoms with Gasteiger partial charge >= 0.3 is 12.0 Å².